The molecule has 0 radical (unpaired) electrons. The molecule has 3 nitrogen and oxygen atoms in total. The lowest BCUT2D eigenvalue weighted by Gasteiger charge is -1.97. The summed E-state index contributed by atoms with van der Waals surface area (Å²) in [5.74, 6) is 0.615. The van der Waals surface area contributed by atoms with Crippen LogP contribution >= 0.6 is 38.9 Å². The molecule has 0 bridgehead atoms. The molecule has 0 aromatic carbocycles. The molecule has 72 valence electrons. The Labute approximate surface area is 98.3 Å². The second kappa shape index (κ2) is 3.92. The summed E-state index contributed by atoms with van der Waals surface area (Å²) in [6, 6.07) is 0. The molecule has 0 saturated heterocycles. The number of aromatic nitrogens is 3. The number of hydrogen-bond donors (Lipinski definition) is 0. The predicted octanol–water partition coefficient (Wildman–Crippen LogP) is 3.32. The fourth-order valence-electron chi connectivity index (χ4n) is 0.930. The van der Waals surface area contributed by atoms with E-state index in [1.807, 2.05) is 6.92 Å². The van der Waals surface area contributed by atoms with Gasteiger partial charge >= 0.3 is 0 Å². The van der Waals surface area contributed by atoms with Gasteiger partial charge in [0, 0.05) is 12.4 Å². The van der Waals surface area contributed by atoms with Gasteiger partial charge in [-0.15, -0.1) is 11.3 Å². The molecule has 6 heteroatoms. The lowest BCUT2D eigenvalue weighted by Crippen LogP contribution is -1.87. The van der Waals surface area contributed by atoms with Crippen molar-refractivity contribution in [3.8, 4) is 10.7 Å². The first-order chi connectivity index (χ1) is 6.66. The summed E-state index contributed by atoms with van der Waals surface area (Å²) in [4.78, 5) is 13.3. The highest BCUT2D eigenvalue weighted by atomic mass is 79.9. The second-order valence-electron chi connectivity index (χ2n) is 2.58. The van der Waals surface area contributed by atoms with Crippen molar-refractivity contribution in [3.63, 3.8) is 0 Å². The van der Waals surface area contributed by atoms with E-state index in [4.69, 9.17) is 11.6 Å². The predicted molar refractivity (Wildman–Crippen MR) is 60.6 cm³/mol. The summed E-state index contributed by atoms with van der Waals surface area (Å²) in [6.45, 7) is 1.94. The topological polar surface area (TPSA) is 38.7 Å². The maximum Gasteiger partial charge on any atom is 0.172 e. The summed E-state index contributed by atoms with van der Waals surface area (Å²) >= 11 is 10.6. The van der Waals surface area contributed by atoms with Crippen LogP contribution in [0.5, 0.6) is 0 Å². The van der Waals surface area contributed by atoms with Crippen LogP contribution in [0.15, 0.2) is 16.9 Å². The molecular formula is C8H5BrClN3S. The van der Waals surface area contributed by atoms with Crippen LogP contribution in [0.4, 0.5) is 0 Å². The van der Waals surface area contributed by atoms with E-state index in [2.05, 4.69) is 30.9 Å². The van der Waals surface area contributed by atoms with Crippen LogP contribution in [0.1, 0.15) is 5.01 Å². The molecule has 0 spiro atoms. The lowest BCUT2D eigenvalue weighted by molar-refractivity contribution is 1.16. The van der Waals surface area contributed by atoms with Crippen molar-refractivity contribution >= 4 is 38.9 Å². The van der Waals surface area contributed by atoms with E-state index < -0.39 is 0 Å². The molecule has 2 heterocycles. The van der Waals surface area contributed by atoms with Gasteiger partial charge in [-0.3, -0.25) is 0 Å². The molecule has 0 unspecified atom stereocenters. The Morgan fingerprint density at radius 3 is 2.71 bits per heavy atom. The summed E-state index contributed by atoms with van der Waals surface area (Å²) < 4.78 is 0.698. The molecule has 2 aromatic rings. The molecule has 2 aromatic heterocycles. The summed E-state index contributed by atoms with van der Waals surface area (Å²) in [7, 11) is 0. The number of hydrogen-bond acceptors (Lipinski definition) is 4. The van der Waals surface area contributed by atoms with Crippen LogP contribution < -0.4 is 0 Å². The van der Waals surface area contributed by atoms with Crippen molar-refractivity contribution < 1.29 is 0 Å². The van der Waals surface area contributed by atoms with Gasteiger partial charge in [-0.2, -0.15) is 0 Å². The number of halogens is 2. The molecule has 0 saturated carbocycles. The Kier molecular flexibility index (Phi) is 2.80. The molecule has 0 aliphatic heterocycles. The molecule has 0 N–H and O–H groups in total. The molecule has 14 heavy (non-hydrogen) atoms. The smallest absolute Gasteiger partial charge is 0.172 e. The first-order valence-corrected chi connectivity index (χ1v) is 5.76. The lowest BCUT2D eigenvalue weighted by atomic mass is 10.5. The fourth-order valence-corrected chi connectivity index (χ4v) is 1.97. The van der Waals surface area contributed by atoms with Gasteiger partial charge in [0.15, 0.2) is 5.82 Å². The monoisotopic (exact) mass is 289 g/mol. The third-order valence-electron chi connectivity index (χ3n) is 1.54. The SMILES string of the molecule is Cc1ncc(-c2ncc(Br)c(Cl)n2)s1. The minimum atomic E-state index is 0.418. The number of aryl methyl sites for hydroxylation is 1. The van der Waals surface area contributed by atoms with Gasteiger partial charge < -0.3 is 0 Å². The van der Waals surface area contributed by atoms with Crippen molar-refractivity contribution in [3.05, 3.63) is 27.0 Å². The minimum absolute atomic E-state index is 0.418. The van der Waals surface area contributed by atoms with Gasteiger partial charge in [-0.1, -0.05) is 11.6 Å². The summed E-state index contributed by atoms with van der Waals surface area (Å²) in [6.07, 6.45) is 3.39. The largest absolute Gasteiger partial charge is 0.249 e. The Balaban J connectivity index is 2.47. The zero-order chi connectivity index (χ0) is 10.1. The van der Waals surface area contributed by atoms with Crippen molar-refractivity contribution in [2.45, 2.75) is 6.92 Å². The van der Waals surface area contributed by atoms with Gasteiger partial charge in [0.25, 0.3) is 0 Å². The molecule has 0 aliphatic rings. The van der Waals surface area contributed by atoms with Gasteiger partial charge in [-0.25, -0.2) is 15.0 Å². The summed E-state index contributed by atoms with van der Waals surface area (Å²) in [5, 5.41) is 1.41. The third-order valence-corrected chi connectivity index (χ3v) is 3.55. The van der Waals surface area contributed by atoms with Gasteiger partial charge in [0.2, 0.25) is 0 Å². The minimum Gasteiger partial charge on any atom is -0.249 e. The Bertz CT molecular complexity index is 471. The number of rotatable bonds is 1. The molecule has 0 aliphatic carbocycles. The molecule has 2 rings (SSSR count). The van der Waals surface area contributed by atoms with E-state index in [-0.39, 0.29) is 0 Å². The molecule has 0 atom stereocenters. The standard InChI is InChI=1S/C8H5BrClN3S/c1-4-11-3-6(14-4)8-12-2-5(9)7(10)13-8/h2-3H,1H3. The zero-order valence-electron chi connectivity index (χ0n) is 7.16. The van der Waals surface area contributed by atoms with Gasteiger partial charge in [0.05, 0.1) is 14.4 Å². The van der Waals surface area contributed by atoms with Crippen molar-refractivity contribution in [1.82, 2.24) is 15.0 Å². The molecule has 0 fully saturated rings. The van der Waals surface area contributed by atoms with E-state index in [0.717, 1.165) is 9.88 Å². The average molecular weight is 291 g/mol. The molecular weight excluding hydrogens is 286 g/mol. The highest BCUT2D eigenvalue weighted by Crippen LogP contribution is 2.26. The van der Waals surface area contributed by atoms with Crippen LogP contribution in [0.3, 0.4) is 0 Å². The first-order valence-electron chi connectivity index (χ1n) is 3.77. The zero-order valence-corrected chi connectivity index (χ0v) is 10.3. The fraction of sp³-hybridized carbons (Fsp3) is 0.125. The van der Waals surface area contributed by atoms with Crippen molar-refractivity contribution in [2.75, 3.05) is 0 Å². The number of thiazole rings is 1. The number of nitrogens with zero attached hydrogens (tertiary/aromatic N) is 3. The van der Waals surface area contributed by atoms with Crippen LogP contribution in [0, 0.1) is 6.92 Å². The average Bonchev–Trinajstić information content (AvgIpc) is 2.57. The van der Waals surface area contributed by atoms with Crippen LogP contribution in [0.2, 0.25) is 5.15 Å². The van der Waals surface area contributed by atoms with Gasteiger partial charge in [-0.05, 0) is 22.9 Å². The Morgan fingerprint density at radius 1 is 1.36 bits per heavy atom. The maximum absolute atomic E-state index is 5.86. The summed E-state index contributed by atoms with van der Waals surface area (Å²) in [5.41, 5.74) is 0. The van der Waals surface area contributed by atoms with Crippen LogP contribution in [-0.2, 0) is 0 Å². The van der Waals surface area contributed by atoms with Gasteiger partial charge in [0.1, 0.15) is 5.15 Å². The van der Waals surface area contributed by atoms with Crippen molar-refractivity contribution in [2.24, 2.45) is 0 Å². The van der Waals surface area contributed by atoms with E-state index in [0.29, 0.717) is 15.5 Å². The quantitative estimate of drug-likeness (QED) is 0.756. The second-order valence-corrected chi connectivity index (χ2v) is 5.02. The first kappa shape index (κ1) is 10.0. The van der Waals surface area contributed by atoms with Crippen LogP contribution in [-0.4, -0.2) is 15.0 Å². The van der Waals surface area contributed by atoms with E-state index in [1.54, 1.807) is 23.7 Å². The third kappa shape index (κ3) is 1.94. The highest BCUT2D eigenvalue weighted by molar-refractivity contribution is 9.10. The van der Waals surface area contributed by atoms with E-state index in [1.165, 1.54) is 0 Å². The highest BCUT2D eigenvalue weighted by Gasteiger charge is 2.07. The molecule has 0 amide bonds. The Morgan fingerprint density at radius 2 is 2.14 bits per heavy atom. The maximum atomic E-state index is 5.86. The van der Waals surface area contributed by atoms with E-state index >= 15 is 0 Å². The van der Waals surface area contributed by atoms with E-state index in [9.17, 15) is 0 Å². The van der Waals surface area contributed by atoms with Crippen LogP contribution in [0.25, 0.3) is 10.7 Å². The Hall–Kier alpha value is -0.520. The van der Waals surface area contributed by atoms with Crippen molar-refractivity contribution in [1.29, 1.82) is 0 Å². The normalized spacial score (nSPS) is 10.5.